The summed E-state index contributed by atoms with van der Waals surface area (Å²) < 4.78 is 10.4. The van der Waals surface area contributed by atoms with Crippen LogP contribution in [0.3, 0.4) is 0 Å². The van der Waals surface area contributed by atoms with Crippen LogP contribution in [0.25, 0.3) is 0 Å². The normalized spacial score (nSPS) is 22.8. The molecule has 1 aromatic rings. The van der Waals surface area contributed by atoms with Gasteiger partial charge in [-0.1, -0.05) is 0 Å². The van der Waals surface area contributed by atoms with Crippen molar-refractivity contribution in [3.05, 3.63) is 29.8 Å². The van der Waals surface area contributed by atoms with Crippen LogP contribution in [-0.4, -0.2) is 31.8 Å². The Morgan fingerprint density at radius 2 is 2.11 bits per heavy atom. The number of anilines is 1. The van der Waals surface area contributed by atoms with Crippen molar-refractivity contribution in [2.75, 3.05) is 19.0 Å². The Morgan fingerprint density at radius 1 is 1.39 bits per heavy atom. The highest BCUT2D eigenvalue weighted by molar-refractivity contribution is 5.89. The number of methoxy groups -OCH3 is 1. The molecule has 4 nitrogen and oxygen atoms in total. The largest absolute Gasteiger partial charge is 0.465 e. The fraction of sp³-hybridized carbons (Fsp3) is 0.500. The molecule has 0 radical (unpaired) electrons. The SMILES string of the molecule is COC(=O)c1ccc(NCC2CCC(C)O2)cc1. The number of rotatable bonds is 4. The number of carbonyl (C=O) groups excluding carboxylic acids is 1. The average molecular weight is 249 g/mol. The Hall–Kier alpha value is -1.55. The van der Waals surface area contributed by atoms with Crippen LogP contribution < -0.4 is 5.32 Å². The van der Waals surface area contributed by atoms with E-state index in [4.69, 9.17) is 4.74 Å². The van der Waals surface area contributed by atoms with Crippen molar-refractivity contribution < 1.29 is 14.3 Å². The summed E-state index contributed by atoms with van der Waals surface area (Å²) in [4.78, 5) is 11.3. The van der Waals surface area contributed by atoms with Gasteiger partial charge in [0.1, 0.15) is 0 Å². The Kier molecular flexibility index (Phi) is 4.20. The van der Waals surface area contributed by atoms with Crippen molar-refractivity contribution in [1.82, 2.24) is 0 Å². The predicted molar refractivity (Wildman–Crippen MR) is 69.8 cm³/mol. The van der Waals surface area contributed by atoms with Crippen LogP contribution in [0.5, 0.6) is 0 Å². The average Bonchev–Trinajstić information content (AvgIpc) is 2.82. The molecule has 0 amide bonds. The summed E-state index contributed by atoms with van der Waals surface area (Å²) >= 11 is 0. The van der Waals surface area contributed by atoms with Crippen molar-refractivity contribution in [2.45, 2.75) is 32.0 Å². The number of benzene rings is 1. The monoisotopic (exact) mass is 249 g/mol. The molecule has 1 aliphatic heterocycles. The lowest BCUT2D eigenvalue weighted by Crippen LogP contribution is -2.19. The summed E-state index contributed by atoms with van der Waals surface area (Å²) in [7, 11) is 1.38. The van der Waals surface area contributed by atoms with E-state index in [9.17, 15) is 4.79 Å². The maximum atomic E-state index is 11.3. The molecule has 0 aliphatic carbocycles. The Balaban J connectivity index is 1.85. The van der Waals surface area contributed by atoms with E-state index in [0.717, 1.165) is 25.1 Å². The van der Waals surface area contributed by atoms with E-state index in [0.29, 0.717) is 17.8 Å². The number of ether oxygens (including phenoxy) is 2. The minimum atomic E-state index is -0.311. The van der Waals surface area contributed by atoms with Gasteiger partial charge in [0, 0.05) is 12.2 Å². The molecule has 98 valence electrons. The second-order valence-electron chi connectivity index (χ2n) is 4.60. The molecule has 2 atom stereocenters. The smallest absolute Gasteiger partial charge is 0.337 e. The molecule has 0 bridgehead atoms. The molecule has 1 N–H and O–H groups in total. The summed E-state index contributed by atoms with van der Waals surface area (Å²) in [5.74, 6) is -0.311. The van der Waals surface area contributed by atoms with Crippen LogP contribution in [0, 0.1) is 0 Å². The van der Waals surface area contributed by atoms with Crippen molar-refractivity contribution in [3.8, 4) is 0 Å². The van der Waals surface area contributed by atoms with Gasteiger partial charge in [-0.05, 0) is 44.0 Å². The van der Waals surface area contributed by atoms with Gasteiger partial charge in [0.15, 0.2) is 0 Å². The van der Waals surface area contributed by atoms with Crippen LogP contribution in [0.15, 0.2) is 24.3 Å². The van der Waals surface area contributed by atoms with E-state index in [1.165, 1.54) is 7.11 Å². The molecule has 2 unspecified atom stereocenters. The minimum Gasteiger partial charge on any atom is -0.465 e. The number of hydrogen-bond donors (Lipinski definition) is 1. The lowest BCUT2D eigenvalue weighted by molar-refractivity contribution is 0.0600. The lowest BCUT2D eigenvalue weighted by atomic mass is 10.2. The van der Waals surface area contributed by atoms with Crippen LogP contribution >= 0.6 is 0 Å². The molecular weight excluding hydrogens is 230 g/mol. The summed E-state index contributed by atoms with van der Waals surface area (Å²) in [5.41, 5.74) is 1.56. The molecule has 4 heteroatoms. The maximum absolute atomic E-state index is 11.3. The maximum Gasteiger partial charge on any atom is 0.337 e. The van der Waals surface area contributed by atoms with Crippen molar-refractivity contribution in [1.29, 1.82) is 0 Å². The van der Waals surface area contributed by atoms with Gasteiger partial charge in [-0.15, -0.1) is 0 Å². The highest BCUT2D eigenvalue weighted by Gasteiger charge is 2.21. The van der Waals surface area contributed by atoms with Gasteiger partial charge in [-0.2, -0.15) is 0 Å². The first-order chi connectivity index (χ1) is 8.69. The third-order valence-corrected chi connectivity index (χ3v) is 3.16. The Bertz CT molecular complexity index is 402. The van der Waals surface area contributed by atoms with Crippen molar-refractivity contribution >= 4 is 11.7 Å². The summed E-state index contributed by atoms with van der Waals surface area (Å²) in [6, 6.07) is 7.27. The summed E-state index contributed by atoms with van der Waals surface area (Å²) in [5, 5.41) is 3.31. The fourth-order valence-corrected chi connectivity index (χ4v) is 2.11. The van der Waals surface area contributed by atoms with Crippen molar-refractivity contribution in [2.24, 2.45) is 0 Å². The van der Waals surface area contributed by atoms with E-state index in [1.54, 1.807) is 12.1 Å². The molecule has 18 heavy (non-hydrogen) atoms. The van der Waals surface area contributed by atoms with Gasteiger partial charge in [-0.3, -0.25) is 0 Å². The highest BCUT2D eigenvalue weighted by Crippen LogP contribution is 2.19. The highest BCUT2D eigenvalue weighted by atomic mass is 16.5. The van der Waals surface area contributed by atoms with E-state index < -0.39 is 0 Å². The molecule has 1 aliphatic rings. The molecule has 1 aromatic carbocycles. The van der Waals surface area contributed by atoms with Gasteiger partial charge >= 0.3 is 5.97 Å². The van der Waals surface area contributed by atoms with Gasteiger partial charge in [-0.25, -0.2) is 4.79 Å². The lowest BCUT2D eigenvalue weighted by Gasteiger charge is -2.13. The van der Waals surface area contributed by atoms with Gasteiger partial charge < -0.3 is 14.8 Å². The van der Waals surface area contributed by atoms with Crippen LogP contribution in [0.2, 0.25) is 0 Å². The van der Waals surface area contributed by atoms with Crippen molar-refractivity contribution in [3.63, 3.8) is 0 Å². The Labute approximate surface area is 107 Å². The number of hydrogen-bond acceptors (Lipinski definition) is 4. The standard InChI is InChI=1S/C14H19NO3/c1-10-3-8-13(18-10)9-15-12-6-4-11(5-7-12)14(16)17-2/h4-7,10,13,15H,3,8-9H2,1-2H3. The van der Waals surface area contributed by atoms with E-state index in [-0.39, 0.29) is 5.97 Å². The van der Waals surface area contributed by atoms with E-state index in [2.05, 4.69) is 17.0 Å². The quantitative estimate of drug-likeness (QED) is 0.833. The molecule has 1 heterocycles. The van der Waals surface area contributed by atoms with Gasteiger partial charge in [0.25, 0.3) is 0 Å². The topological polar surface area (TPSA) is 47.6 Å². The van der Waals surface area contributed by atoms with Crippen LogP contribution in [0.1, 0.15) is 30.1 Å². The second kappa shape index (κ2) is 5.87. The molecule has 0 spiro atoms. The van der Waals surface area contributed by atoms with Gasteiger partial charge in [0.2, 0.25) is 0 Å². The molecule has 0 aromatic heterocycles. The zero-order valence-electron chi connectivity index (χ0n) is 10.8. The van der Waals surface area contributed by atoms with Crippen LogP contribution in [0.4, 0.5) is 5.69 Å². The second-order valence-corrected chi connectivity index (χ2v) is 4.60. The fourth-order valence-electron chi connectivity index (χ4n) is 2.11. The Morgan fingerprint density at radius 3 is 2.67 bits per heavy atom. The number of carbonyl (C=O) groups is 1. The first kappa shape index (κ1) is 12.9. The molecular formula is C14H19NO3. The molecule has 0 saturated carbocycles. The van der Waals surface area contributed by atoms with E-state index >= 15 is 0 Å². The third kappa shape index (κ3) is 3.23. The third-order valence-electron chi connectivity index (χ3n) is 3.16. The van der Waals surface area contributed by atoms with Crippen LogP contribution in [-0.2, 0) is 9.47 Å². The number of esters is 1. The molecule has 2 rings (SSSR count). The first-order valence-electron chi connectivity index (χ1n) is 6.26. The summed E-state index contributed by atoms with van der Waals surface area (Å²) in [6.45, 7) is 2.91. The zero-order valence-corrected chi connectivity index (χ0v) is 10.8. The van der Waals surface area contributed by atoms with E-state index in [1.807, 2.05) is 12.1 Å². The van der Waals surface area contributed by atoms with Gasteiger partial charge in [0.05, 0.1) is 24.9 Å². The minimum absolute atomic E-state index is 0.292. The predicted octanol–water partition coefficient (Wildman–Crippen LogP) is 2.45. The first-order valence-corrected chi connectivity index (χ1v) is 6.26. The molecule has 1 fully saturated rings. The summed E-state index contributed by atoms with van der Waals surface area (Å²) in [6.07, 6.45) is 2.90. The zero-order chi connectivity index (χ0) is 13.0. The number of nitrogens with one attached hydrogen (secondary N) is 1. The molecule has 1 saturated heterocycles.